The Bertz CT molecular complexity index is 823. The van der Waals surface area contributed by atoms with E-state index in [0.717, 1.165) is 6.42 Å². The summed E-state index contributed by atoms with van der Waals surface area (Å²) in [4.78, 5) is 11.9. The van der Waals surface area contributed by atoms with Crippen molar-refractivity contribution in [3.63, 3.8) is 0 Å². The highest BCUT2D eigenvalue weighted by Gasteiger charge is 2.12. The molecule has 2 aromatic carbocycles. The third-order valence-electron chi connectivity index (χ3n) is 3.85. The molecule has 0 fully saturated rings. The number of rotatable bonds is 9. The molecule has 2 aromatic rings. The van der Waals surface area contributed by atoms with Crippen molar-refractivity contribution in [1.29, 1.82) is 0 Å². The zero-order valence-corrected chi connectivity index (χ0v) is 15.9. The summed E-state index contributed by atoms with van der Waals surface area (Å²) >= 11 is 0. The van der Waals surface area contributed by atoms with Crippen molar-refractivity contribution in [3.8, 4) is 17.2 Å². The number of ether oxygens (including phenoxy) is 3. The van der Waals surface area contributed by atoms with E-state index in [-0.39, 0.29) is 18.1 Å². The van der Waals surface area contributed by atoms with Crippen molar-refractivity contribution in [1.82, 2.24) is 5.43 Å². The first-order chi connectivity index (χ1) is 13.4. The summed E-state index contributed by atoms with van der Waals surface area (Å²) in [6.45, 7) is 0.574. The van der Waals surface area contributed by atoms with Crippen molar-refractivity contribution >= 4 is 11.6 Å². The van der Waals surface area contributed by atoms with Gasteiger partial charge >= 0.3 is 6.61 Å². The number of nitrogens with zero attached hydrogens (tertiary/aromatic N) is 1. The molecule has 8 heteroatoms. The first-order valence-electron chi connectivity index (χ1n) is 8.61. The normalized spacial score (nSPS) is 11.3. The molecule has 2 rings (SSSR count). The Hall–Kier alpha value is -3.16. The lowest BCUT2D eigenvalue weighted by atomic mass is 10.1. The van der Waals surface area contributed by atoms with Gasteiger partial charge in [-0.15, -0.1) is 0 Å². The van der Waals surface area contributed by atoms with Gasteiger partial charge in [0, 0.05) is 5.56 Å². The minimum absolute atomic E-state index is 0.0828. The third kappa shape index (κ3) is 6.22. The number of hydrogen-bond donors (Lipinski definition) is 1. The van der Waals surface area contributed by atoms with Crippen LogP contribution in [0.1, 0.15) is 25.0 Å². The van der Waals surface area contributed by atoms with Gasteiger partial charge in [0.2, 0.25) is 0 Å². The lowest BCUT2D eigenvalue weighted by molar-refractivity contribution is -0.123. The van der Waals surface area contributed by atoms with E-state index in [2.05, 4.69) is 22.2 Å². The number of amides is 1. The molecule has 150 valence electrons. The van der Waals surface area contributed by atoms with Gasteiger partial charge in [0.25, 0.3) is 5.91 Å². The summed E-state index contributed by atoms with van der Waals surface area (Å²) < 4.78 is 39.6. The summed E-state index contributed by atoms with van der Waals surface area (Å²) in [5.74, 6) is 0.217. The van der Waals surface area contributed by atoms with Gasteiger partial charge in [0.1, 0.15) is 5.75 Å². The molecule has 0 unspecified atom stereocenters. The van der Waals surface area contributed by atoms with E-state index in [1.807, 2.05) is 12.1 Å². The minimum Gasteiger partial charge on any atom is -0.493 e. The van der Waals surface area contributed by atoms with Crippen molar-refractivity contribution in [3.05, 3.63) is 53.6 Å². The van der Waals surface area contributed by atoms with Gasteiger partial charge in [0.15, 0.2) is 18.1 Å². The number of carbonyl (C=O) groups excluding carboxylic acids is 1. The van der Waals surface area contributed by atoms with Gasteiger partial charge in [-0.25, -0.2) is 5.43 Å². The van der Waals surface area contributed by atoms with Crippen LogP contribution in [0.15, 0.2) is 47.6 Å². The Morgan fingerprint density at radius 2 is 1.86 bits per heavy atom. The van der Waals surface area contributed by atoms with Gasteiger partial charge in [-0.3, -0.25) is 4.79 Å². The summed E-state index contributed by atoms with van der Waals surface area (Å²) in [7, 11) is 1.34. The second-order valence-corrected chi connectivity index (χ2v) is 5.76. The van der Waals surface area contributed by atoms with Crippen molar-refractivity contribution < 1.29 is 27.8 Å². The molecular weight excluding hydrogens is 370 g/mol. The molecule has 0 saturated carbocycles. The quantitative estimate of drug-likeness (QED) is 0.521. The van der Waals surface area contributed by atoms with Crippen LogP contribution in [0.25, 0.3) is 0 Å². The predicted molar refractivity (Wildman–Crippen MR) is 101 cm³/mol. The molecule has 0 aliphatic rings. The summed E-state index contributed by atoms with van der Waals surface area (Å²) in [6.07, 6.45) is 0.925. The highest BCUT2D eigenvalue weighted by Crippen LogP contribution is 2.29. The number of carbonyl (C=O) groups is 1. The lowest BCUT2D eigenvalue weighted by Crippen LogP contribution is -2.25. The van der Waals surface area contributed by atoms with Gasteiger partial charge < -0.3 is 14.2 Å². The minimum atomic E-state index is -2.95. The van der Waals surface area contributed by atoms with E-state index in [1.54, 1.807) is 19.1 Å². The number of halogens is 2. The summed E-state index contributed by atoms with van der Waals surface area (Å²) in [5, 5.41) is 3.99. The van der Waals surface area contributed by atoms with Crippen molar-refractivity contribution in [2.75, 3.05) is 13.7 Å². The Labute approximate surface area is 162 Å². The molecule has 1 amide bonds. The van der Waals surface area contributed by atoms with Crippen molar-refractivity contribution in [2.24, 2.45) is 5.10 Å². The highest BCUT2D eigenvalue weighted by molar-refractivity contribution is 5.99. The highest BCUT2D eigenvalue weighted by atomic mass is 19.3. The maximum Gasteiger partial charge on any atom is 0.387 e. The second kappa shape index (κ2) is 10.2. The molecule has 0 spiro atoms. The molecule has 0 saturated heterocycles. The van der Waals surface area contributed by atoms with Crippen LogP contribution in [0.5, 0.6) is 17.2 Å². The largest absolute Gasteiger partial charge is 0.493 e. The molecule has 28 heavy (non-hydrogen) atoms. The van der Waals surface area contributed by atoms with Gasteiger partial charge in [-0.05, 0) is 49.2 Å². The maximum absolute atomic E-state index is 12.4. The lowest BCUT2D eigenvalue weighted by Gasteiger charge is -2.11. The van der Waals surface area contributed by atoms with E-state index < -0.39 is 12.5 Å². The number of alkyl halides is 2. The summed E-state index contributed by atoms with van der Waals surface area (Å²) in [6, 6.07) is 11.9. The Morgan fingerprint density at radius 1 is 1.14 bits per heavy atom. The fraction of sp³-hybridized carbons (Fsp3) is 0.300. The van der Waals surface area contributed by atoms with Gasteiger partial charge in [-0.2, -0.15) is 13.9 Å². The number of nitrogens with one attached hydrogen (secondary N) is 1. The molecule has 0 radical (unpaired) electrons. The predicted octanol–water partition coefficient (Wildman–Crippen LogP) is 3.78. The second-order valence-electron chi connectivity index (χ2n) is 5.76. The van der Waals surface area contributed by atoms with Gasteiger partial charge in [0.05, 0.1) is 12.8 Å². The number of hydrogen-bond acceptors (Lipinski definition) is 5. The number of hydrazone groups is 1. The molecule has 0 heterocycles. The fourth-order valence-electron chi connectivity index (χ4n) is 2.30. The van der Waals surface area contributed by atoms with Crippen LogP contribution in [0.4, 0.5) is 8.78 Å². The maximum atomic E-state index is 12.4. The number of benzene rings is 2. The van der Waals surface area contributed by atoms with E-state index >= 15 is 0 Å². The molecule has 0 atom stereocenters. The first kappa shape index (κ1) is 21.1. The molecule has 0 aliphatic carbocycles. The fourth-order valence-corrected chi connectivity index (χ4v) is 2.30. The molecule has 0 aromatic heterocycles. The van der Waals surface area contributed by atoms with Crippen LogP contribution in [0.2, 0.25) is 0 Å². The molecule has 0 bridgehead atoms. The van der Waals surface area contributed by atoms with Crippen molar-refractivity contribution in [2.45, 2.75) is 26.9 Å². The van der Waals surface area contributed by atoms with Crippen LogP contribution < -0.4 is 19.6 Å². The van der Waals surface area contributed by atoms with Crippen LogP contribution in [-0.2, 0) is 11.2 Å². The standard InChI is InChI=1S/C20H22F2N2O4/c1-4-14-5-8-16(9-6-14)27-12-19(25)24-23-13(2)15-7-10-17(28-20(21)22)18(11-15)26-3/h5-11,20H,4,12H2,1-3H3,(H,24,25)/b23-13-. The Kier molecular flexibility index (Phi) is 7.74. The van der Waals surface area contributed by atoms with Crippen LogP contribution in [0.3, 0.4) is 0 Å². The van der Waals surface area contributed by atoms with E-state index in [1.165, 1.54) is 30.9 Å². The van der Waals surface area contributed by atoms with Crippen LogP contribution in [0, 0.1) is 0 Å². The zero-order chi connectivity index (χ0) is 20.5. The van der Waals surface area contributed by atoms with Crippen LogP contribution in [-0.4, -0.2) is 31.9 Å². The number of methoxy groups -OCH3 is 1. The van der Waals surface area contributed by atoms with Crippen LogP contribution >= 0.6 is 0 Å². The monoisotopic (exact) mass is 392 g/mol. The molecule has 0 aliphatic heterocycles. The smallest absolute Gasteiger partial charge is 0.387 e. The average Bonchev–Trinajstić information content (AvgIpc) is 2.70. The molecule has 6 nitrogen and oxygen atoms in total. The van der Waals surface area contributed by atoms with E-state index in [4.69, 9.17) is 9.47 Å². The zero-order valence-electron chi connectivity index (χ0n) is 15.9. The van der Waals surface area contributed by atoms with E-state index in [9.17, 15) is 13.6 Å². The van der Waals surface area contributed by atoms with E-state index in [0.29, 0.717) is 17.0 Å². The SMILES string of the molecule is CCc1ccc(OCC(=O)N/N=C(/C)c2ccc(OC(F)F)c(OC)c2)cc1. The first-order valence-corrected chi connectivity index (χ1v) is 8.61. The molecular formula is C20H22F2N2O4. The Balaban J connectivity index is 1.94. The topological polar surface area (TPSA) is 69.2 Å². The molecule has 1 N–H and O–H groups in total. The Morgan fingerprint density at radius 3 is 2.46 bits per heavy atom. The number of aryl methyl sites for hydroxylation is 1. The average molecular weight is 392 g/mol. The summed E-state index contributed by atoms with van der Waals surface area (Å²) in [5.41, 5.74) is 4.61. The third-order valence-corrected chi connectivity index (χ3v) is 3.85. The van der Waals surface area contributed by atoms with Gasteiger partial charge in [-0.1, -0.05) is 19.1 Å².